The Hall–Kier alpha value is -0.0800. The number of nitrogens with one attached hydrogen (secondary N) is 1. The van der Waals surface area contributed by atoms with Crippen molar-refractivity contribution in [3.05, 3.63) is 0 Å². The molecule has 2 heteroatoms. The van der Waals surface area contributed by atoms with Gasteiger partial charge in [-0.1, -0.05) is 19.3 Å². The van der Waals surface area contributed by atoms with Crippen molar-refractivity contribution >= 4 is 0 Å². The molecular formula is C15H30N2. The molecule has 0 heterocycles. The number of hydrogen-bond donors (Lipinski definition) is 1. The van der Waals surface area contributed by atoms with Gasteiger partial charge in [0, 0.05) is 18.1 Å². The summed E-state index contributed by atoms with van der Waals surface area (Å²) in [6.45, 7) is 3.59. The van der Waals surface area contributed by atoms with Crippen LogP contribution < -0.4 is 5.32 Å². The normalized spacial score (nSPS) is 26.8. The maximum atomic E-state index is 3.83. The van der Waals surface area contributed by atoms with Gasteiger partial charge in [-0.3, -0.25) is 0 Å². The maximum absolute atomic E-state index is 3.83. The lowest BCUT2D eigenvalue weighted by atomic mass is 9.75. The van der Waals surface area contributed by atoms with E-state index >= 15 is 0 Å². The van der Waals surface area contributed by atoms with Crippen molar-refractivity contribution < 1.29 is 0 Å². The number of nitrogens with zero attached hydrogens (tertiary/aromatic N) is 1. The zero-order chi connectivity index (χ0) is 12.3. The molecule has 0 saturated heterocycles. The van der Waals surface area contributed by atoms with Crippen molar-refractivity contribution in [1.29, 1.82) is 0 Å². The van der Waals surface area contributed by atoms with Crippen LogP contribution in [0.5, 0.6) is 0 Å². The Morgan fingerprint density at radius 3 is 2.24 bits per heavy atom. The molecule has 0 amide bonds. The van der Waals surface area contributed by atoms with Crippen molar-refractivity contribution in [3.63, 3.8) is 0 Å². The Balaban J connectivity index is 1.76. The molecule has 0 aliphatic heterocycles. The van der Waals surface area contributed by atoms with E-state index in [1.807, 2.05) is 0 Å². The van der Waals surface area contributed by atoms with Crippen LogP contribution >= 0.6 is 0 Å². The molecule has 0 radical (unpaired) electrons. The molecule has 2 nitrogen and oxygen atoms in total. The average molecular weight is 238 g/mol. The Labute approximate surface area is 107 Å². The first-order chi connectivity index (χ1) is 8.14. The summed E-state index contributed by atoms with van der Waals surface area (Å²) in [4.78, 5) is 2.44. The van der Waals surface area contributed by atoms with Gasteiger partial charge in [-0.15, -0.1) is 0 Å². The second-order valence-corrected chi connectivity index (χ2v) is 6.54. The van der Waals surface area contributed by atoms with Gasteiger partial charge in [0.2, 0.25) is 0 Å². The van der Waals surface area contributed by atoms with Crippen LogP contribution in [0.3, 0.4) is 0 Å². The highest BCUT2D eigenvalue weighted by Crippen LogP contribution is 2.36. The molecular weight excluding hydrogens is 208 g/mol. The van der Waals surface area contributed by atoms with Gasteiger partial charge in [-0.25, -0.2) is 0 Å². The fourth-order valence-electron chi connectivity index (χ4n) is 3.52. The van der Waals surface area contributed by atoms with Crippen molar-refractivity contribution in [1.82, 2.24) is 10.2 Å². The fraction of sp³-hybridized carbons (Fsp3) is 1.00. The minimum absolute atomic E-state index is 0.475. The summed E-state index contributed by atoms with van der Waals surface area (Å²) >= 11 is 0. The summed E-state index contributed by atoms with van der Waals surface area (Å²) in [7, 11) is 4.48. The van der Waals surface area contributed by atoms with Crippen LogP contribution in [-0.4, -0.2) is 37.1 Å². The van der Waals surface area contributed by atoms with Crippen LogP contribution in [0.25, 0.3) is 0 Å². The summed E-state index contributed by atoms with van der Waals surface area (Å²) in [6.07, 6.45) is 11.4. The quantitative estimate of drug-likeness (QED) is 0.792. The zero-order valence-electron chi connectivity index (χ0n) is 12.0. The Bertz CT molecular complexity index is 227. The van der Waals surface area contributed by atoms with E-state index in [0.717, 1.165) is 5.92 Å². The highest BCUT2D eigenvalue weighted by molar-refractivity contribution is 4.98. The fourth-order valence-corrected chi connectivity index (χ4v) is 3.52. The van der Waals surface area contributed by atoms with Gasteiger partial charge in [-0.2, -0.15) is 0 Å². The van der Waals surface area contributed by atoms with E-state index in [2.05, 4.69) is 31.2 Å². The lowest BCUT2D eigenvalue weighted by Gasteiger charge is -2.48. The molecule has 0 aromatic rings. The van der Waals surface area contributed by atoms with E-state index in [-0.39, 0.29) is 0 Å². The molecule has 0 aromatic heterocycles. The van der Waals surface area contributed by atoms with Crippen molar-refractivity contribution in [2.75, 3.05) is 20.6 Å². The van der Waals surface area contributed by atoms with Crippen molar-refractivity contribution in [2.24, 2.45) is 5.92 Å². The molecule has 0 bridgehead atoms. The third kappa shape index (κ3) is 3.03. The third-order valence-corrected chi connectivity index (χ3v) is 5.34. The lowest BCUT2D eigenvalue weighted by molar-refractivity contribution is 0.0543. The molecule has 1 N–H and O–H groups in total. The first-order valence-electron chi connectivity index (χ1n) is 7.55. The highest BCUT2D eigenvalue weighted by Gasteiger charge is 2.39. The predicted octanol–water partition coefficient (Wildman–Crippen LogP) is 3.03. The van der Waals surface area contributed by atoms with Crippen molar-refractivity contribution in [3.8, 4) is 0 Å². The standard InChI is InChI=1S/C15H30N2/c1-13(14-8-5-4-6-9-14)16-12-15(17(2)3)10-7-11-15/h13-14,16H,4-12H2,1-3H3. The molecule has 2 saturated carbocycles. The average Bonchev–Trinajstić information content (AvgIpc) is 2.28. The highest BCUT2D eigenvalue weighted by atomic mass is 15.2. The molecule has 17 heavy (non-hydrogen) atoms. The lowest BCUT2D eigenvalue weighted by Crippen LogP contribution is -2.58. The monoisotopic (exact) mass is 238 g/mol. The molecule has 0 spiro atoms. The topological polar surface area (TPSA) is 15.3 Å². The molecule has 0 aromatic carbocycles. The van der Waals surface area contributed by atoms with E-state index in [1.54, 1.807) is 0 Å². The van der Waals surface area contributed by atoms with Crippen LogP contribution in [0.1, 0.15) is 58.3 Å². The van der Waals surface area contributed by atoms with Gasteiger partial charge in [0.05, 0.1) is 0 Å². The van der Waals surface area contributed by atoms with E-state index < -0.39 is 0 Å². The first-order valence-corrected chi connectivity index (χ1v) is 7.55. The summed E-state index contributed by atoms with van der Waals surface area (Å²) in [5.74, 6) is 0.933. The van der Waals surface area contributed by atoms with Crippen molar-refractivity contribution in [2.45, 2.75) is 69.9 Å². The van der Waals surface area contributed by atoms with Crippen LogP contribution in [0.2, 0.25) is 0 Å². The first kappa shape index (κ1) is 13.4. The molecule has 2 fully saturated rings. The molecule has 2 aliphatic carbocycles. The minimum atomic E-state index is 0.475. The van der Waals surface area contributed by atoms with E-state index in [9.17, 15) is 0 Å². The van der Waals surface area contributed by atoms with Gasteiger partial charge in [0.1, 0.15) is 0 Å². The Morgan fingerprint density at radius 1 is 1.12 bits per heavy atom. The largest absolute Gasteiger partial charge is 0.312 e. The zero-order valence-corrected chi connectivity index (χ0v) is 12.0. The third-order valence-electron chi connectivity index (χ3n) is 5.34. The van der Waals surface area contributed by atoms with Gasteiger partial charge in [0.15, 0.2) is 0 Å². The number of likely N-dealkylation sites (N-methyl/N-ethyl adjacent to an activating group) is 1. The van der Waals surface area contributed by atoms with E-state index in [0.29, 0.717) is 11.6 Å². The number of rotatable bonds is 5. The molecule has 100 valence electrons. The van der Waals surface area contributed by atoms with Gasteiger partial charge >= 0.3 is 0 Å². The minimum Gasteiger partial charge on any atom is -0.312 e. The van der Waals surface area contributed by atoms with Gasteiger partial charge in [-0.05, 0) is 59.0 Å². The predicted molar refractivity (Wildman–Crippen MR) is 74.3 cm³/mol. The van der Waals surface area contributed by atoms with E-state index in [1.165, 1.54) is 57.9 Å². The maximum Gasteiger partial charge on any atom is 0.0328 e. The van der Waals surface area contributed by atoms with Crippen LogP contribution in [0.4, 0.5) is 0 Å². The molecule has 2 aliphatic rings. The van der Waals surface area contributed by atoms with Gasteiger partial charge in [0.25, 0.3) is 0 Å². The smallest absolute Gasteiger partial charge is 0.0328 e. The summed E-state index contributed by atoms with van der Waals surface area (Å²) in [5.41, 5.74) is 0.475. The summed E-state index contributed by atoms with van der Waals surface area (Å²) in [5, 5.41) is 3.83. The van der Waals surface area contributed by atoms with Gasteiger partial charge < -0.3 is 10.2 Å². The molecule has 1 atom stereocenters. The second-order valence-electron chi connectivity index (χ2n) is 6.54. The van der Waals surface area contributed by atoms with Crippen LogP contribution in [-0.2, 0) is 0 Å². The second kappa shape index (κ2) is 5.71. The molecule has 1 unspecified atom stereocenters. The van der Waals surface area contributed by atoms with E-state index in [4.69, 9.17) is 0 Å². The number of hydrogen-bond acceptors (Lipinski definition) is 2. The molecule has 2 rings (SSSR count). The van der Waals surface area contributed by atoms with Crippen LogP contribution in [0, 0.1) is 5.92 Å². The summed E-state index contributed by atoms with van der Waals surface area (Å²) < 4.78 is 0. The van der Waals surface area contributed by atoms with Crippen LogP contribution in [0.15, 0.2) is 0 Å². The summed E-state index contributed by atoms with van der Waals surface area (Å²) in [6, 6.07) is 0.715. The Morgan fingerprint density at radius 2 is 1.76 bits per heavy atom. The Kier molecular flexibility index (Phi) is 4.48. The SMILES string of the molecule is CC(NCC1(N(C)C)CCC1)C1CCCCC1.